The zero-order valence-electron chi connectivity index (χ0n) is 19.4. The van der Waals surface area contributed by atoms with E-state index < -0.39 is 11.6 Å². The van der Waals surface area contributed by atoms with Crippen molar-refractivity contribution >= 4 is 38.8 Å². The van der Waals surface area contributed by atoms with Crippen LogP contribution in [0.2, 0.25) is 0 Å². The van der Waals surface area contributed by atoms with E-state index in [0.717, 1.165) is 34.9 Å². The summed E-state index contributed by atoms with van der Waals surface area (Å²) in [5.74, 6) is -0.327. The van der Waals surface area contributed by atoms with Crippen LogP contribution in [0.1, 0.15) is 77.0 Å². The Balaban J connectivity index is 1.70. The van der Waals surface area contributed by atoms with Crippen LogP contribution in [-0.2, 0) is 10.3 Å². The number of hydrogen-bond acceptors (Lipinski definition) is 7. The second kappa shape index (κ2) is 8.16. The molecule has 9 N–H and O–H groups in total. The van der Waals surface area contributed by atoms with E-state index in [1.54, 1.807) is 12.1 Å². The Hall–Kier alpha value is -2.78. The third-order valence-corrected chi connectivity index (χ3v) is 8.67. The van der Waals surface area contributed by atoms with Gasteiger partial charge in [-0.25, -0.2) is 0 Å². The molecular weight excluding hydrogens is 446 g/mol. The number of rotatable bonds is 4. The fourth-order valence-electron chi connectivity index (χ4n) is 5.39. The Morgan fingerprint density at radius 3 is 2.62 bits per heavy atom. The topological polar surface area (TPSA) is 150 Å². The standard InChI is InChI=1S/C26H31N5O2S/c1-12(2)13-5-3-6-14(11-13)26(30)15-9-10-17(28)22-19(15)20(21(29)24(26)32)23(34-22)25(33)31-18-8-4-7-16(18)27/h3,5-6,9-12,16,18,21H,4,7-8,27-30H2,1-2H3,(H,31,33)/t16-,18+,21?,26?/m0/s1. The van der Waals surface area contributed by atoms with Crippen molar-refractivity contribution in [2.24, 2.45) is 17.2 Å². The van der Waals surface area contributed by atoms with Crippen molar-refractivity contribution in [2.75, 3.05) is 5.73 Å². The van der Waals surface area contributed by atoms with Crippen molar-refractivity contribution in [3.05, 3.63) is 63.5 Å². The van der Waals surface area contributed by atoms with Gasteiger partial charge in [0.25, 0.3) is 5.91 Å². The highest BCUT2D eigenvalue weighted by atomic mass is 32.1. The summed E-state index contributed by atoms with van der Waals surface area (Å²) in [6.45, 7) is 4.19. The molecule has 7 nitrogen and oxygen atoms in total. The minimum absolute atomic E-state index is 0.0736. The second-order valence-corrected chi connectivity index (χ2v) is 10.9. The molecule has 4 atom stereocenters. The van der Waals surface area contributed by atoms with Gasteiger partial charge < -0.3 is 28.3 Å². The number of nitrogens with two attached hydrogens (primary N) is 4. The predicted octanol–water partition coefficient (Wildman–Crippen LogP) is 3.00. The molecule has 0 radical (unpaired) electrons. The first-order chi connectivity index (χ1) is 16.1. The Morgan fingerprint density at radius 1 is 1.18 bits per heavy atom. The molecule has 2 aliphatic rings. The molecule has 0 spiro atoms. The van der Waals surface area contributed by atoms with Crippen LogP contribution < -0.4 is 28.3 Å². The van der Waals surface area contributed by atoms with Crippen LogP contribution in [-0.4, -0.2) is 23.8 Å². The second-order valence-electron chi connectivity index (χ2n) is 9.86. The van der Waals surface area contributed by atoms with Gasteiger partial charge in [0.1, 0.15) is 5.54 Å². The van der Waals surface area contributed by atoms with Gasteiger partial charge in [-0.2, -0.15) is 0 Å². The number of anilines is 1. The number of hydrogen-bond donors (Lipinski definition) is 5. The molecule has 0 bridgehead atoms. The summed E-state index contributed by atoms with van der Waals surface area (Å²) in [7, 11) is 0. The van der Waals surface area contributed by atoms with Crippen LogP contribution in [0, 0.1) is 0 Å². The molecular formula is C26H31N5O2S. The van der Waals surface area contributed by atoms with Gasteiger partial charge >= 0.3 is 0 Å². The number of carbonyl (C=O) groups excluding carboxylic acids is 2. The van der Waals surface area contributed by atoms with Gasteiger partial charge in [0.05, 0.1) is 15.6 Å². The van der Waals surface area contributed by atoms with Gasteiger partial charge in [-0.15, -0.1) is 11.3 Å². The van der Waals surface area contributed by atoms with E-state index in [-0.39, 0.29) is 29.7 Å². The SMILES string of the molecule is CC(C)c1cccc(C2(N)C(=O)C(N)c3c(C(=O)N[C@@H]4CCC[C@@H]4N)sc4c(N)ccc2c34)c1. The van der Waals surface area contributed by atoms with Gasteiger partial charge in [-0.05, 0) is 47.9 Å². The number of benzene rings is 2. The van der Waals surface area contributed by atoms with Gasteiger partial charge in [-0.3, -0.25) is 9.59 Å². The molecule has 1 fully saturated rings. The molecule has 1 amide bonds. The maximum atomic E-state index is 13.9. The van der Waals surface area contributed by atoms with Crippen LogP contribution >= 0.6 is 11.3 Å². The van der Waals surface area contributed by atoms with Crippen molar-refractivity contribution in [1.82, 2.24) is 5.32 Å². The molecule has 34 heavy (non-hydrogen) atoms. The van der Waals surface area contributed by atoms with Crippen LogP contribution in [0.25, 0.3) is 10.1 Å². The fraction of sp³-hybridized carbons (Fsp3) is 0.385. The summed E-state index contributed by atoms with van der Waals surface area (Å²) >= 11 is 1.27. The summed E-state index contributed by atoms with van der Waals surface area (Å²) in [5.41, 5.74) is 28.0. The molecule has 1 saturated carbocycles. The smallest absolute Gasteiger partial charge is 0.262 e. The van der Waals surface area contributed by atoms with E-state index in [1.807, 2.05) is 24.3 Å². The van der Waals surface area contributed by atoms with Gasteiger partial charge in [0, 0.05) is 28.7 Å². The lowest BCUT2D eigenvalue weighted by molar-refractivity contribution is -0.124. The predicted molar refractivity (Wildman–Crippen MR) is 137 cm³/mol. The van der Waals surface area contributed by atoms with Crippen LogP contribution in [0.3, 0.4) is 0 Å². The Kier molecular flexibility index (Phi) is 5.52. The number of thiophene rings is 1. The Bertz CT molecular complexity index is 1320. The van der Waals surface area contributed by atoms with E-state index in [1.165, 1.54) is 11.3 Å². The normalized spacial score (nSPS) is 26.4. The summed E-state index contributed by atoms with van der Waals surface area (Å²) in [6, 6.07) is 10.1. The highest BCUT2D eigenvalue weighted by molar-refractivity contribution is 7.21. The summed E-state index contributed by atoms with van der Waals surface area (Å²) < 4.78 is 0.728. The first-order valence-corrected chi connectivity index (χ1v) is 12.6. The van der Waals surface area contributed by atoms with E-state index in [9.17, 15) is 9.59 Å². The minimum atomic E-state index is -1.44. The largest absolute Gasteiger partial charge is 0.398 e. The molecule has 3 aromatic rings. The number of amides is 1. The average Bonchev–Trinajstić information content (AvgIpc) is 3.41. The van der Waals surface area contributed by atoms with Crippen LogP contribution in [0.4, 0.5) is 5.69 Å². The van der Waals surface area contributed by atoms with E-state index >= 15 is 0 Å². The maximum absolute atomic E-state index is 13.9. The van der Waals surface area contributed by atoms with Gasteiger partial charge in [0.2, 0.25) is 0 Å². The lowest BCUT2D eigenvalue weighted by atomic mass is 9.70. The molecule has 8 heteroatoms. The molecule has 1 heterocycles. The molecule has 0 aliphatic heterocycles. The van der Waals surface area contributed by atoms with Crippen molar-refractivity contribution in [1.29, 1.82) is 0 Å². The first-order valence-electron chi connectivity index (χ1n) is 11.8. The number of ketones is 1. The van der Waals surface area contributed by atoms with Crippen molar-refractivity contribution in [3.63, 3.8) is 0 Å². The van der Waals surface area contributed by atoms with Crippen molar-refractivity contribution in [2.45, 2.75) is 62.7 Å². The quantitative estimate of drug-likeness (QED) is 0.365. The van der Waals surface area contributed by atoms with Gasteiger partial charge in [-0.1, -0.05) is 44.2 Å². The van der Waals surface area contributed by atoms with Crippen LogP contribution in [0.15, 0.2) is 36.4 Å². The number of Topliss-reactive ketones (excluding diaryl/α,β-unsaturated/α-hetero) is 1. The van der Waals surface area contributed by atoms with Gasteiger partial charge in [0.15, 0.2) is 5.78 Å². The zero-order valence-corrected chi connectivity index (χ0v) is 20.2. The van der Waals surface area contributed by atoms with E-state index in [0.29, 0.717) is 27.3 Å². The highest BCUT2D eigenvalue weighted by Gasteiger charge is 2.49. The molecule has 2 unspecified atom stereocenters. The summed E-state index contributed by atoms with van der Waals surface area (Å²) in [4.78, 5) is 27.6. The first kappa shape index (κ1) is 23.0. The zero-order chi connectivity index (χ0) is 24.4. The highest BCUT2D eigenvalue weighted by Crippen LogP contribution is 2.49. The number of carbonyl (C=O) groups is 2. The molecule has 1 aromatic heterocycles. The van der Waals surface area contributed by atoms with Crippen molar-refractivity contribution < 1.29 is 9.59 Å². The van der Waals surface area contributed by atoms with E-state index in [2.05, 4.69) is 19.2 Å². The molecule has 178 valence electrons. The fourth-order valence-corrected chi connectivity index (χ4v) is 6.60. The van der Waals surface area contributed by atoms with E-state index in [4.69, 9.17) is 22.9 Å². The molecule has 0 saturated heterocycles. The maximum Gasteiger partial charge on any atom is 0.262 e. The molecule has 5 rings (SSSR count). The molecule has 2 aromatic carbocycles. The number of nitrogens with one attached hydrogen (secondary N) is 1. The Labute approximate surface area is 202 Å². The Morgan fingerprint density at radius 2 is 1.94 bits per heavy atom. The summed E-state index contributed by atoms with van der Waals surface area (Å²) in [6.07, 6.45) is 2.69. The monoisotopic (exact) mass is 477 g/mol. The van der Waals surface area contributed by atoms with Crippen molar-refractivity contribution in [3.8, 4) is 0 Å². The third-order valence-electron chi connectivity index (χ3n) is 7.41. The lowest BCUT2D eigenvalue weighted by Gasteiger charge is -2.37. The summed E-state index contributed by atoms with van der Waals surface area (Å²) in [5, 5.41) is 3.78. The molecule has 2 aliphatic carbocycles. The minimum Gasteiger partial charge on any atom is -0.398 e. The number of nitrogen functional groups attached to an aromatic ring is 1. The lowest BCUT2D eigenvalue weighted by Crippen LogP contribution is -2.52. The average molecular weight is 478 g/mol. The van der Waals surface area contributed by atoms with Crippen LogP contribution in [0.5, 0.6) is 0 Å². The third kappa shape index (κ3) is 3.28.